The minimum atomic E-state index is -1.28. The number of rotatable bonds is 4. The van der Waals surface area contributed by atoms with Gasteiger partial charge in [-0.1, -0.05) is 0 Å². The van der Waals surface area contributed by atoms with Gasteiger partial charge in [0.25, 0.3) is 0 Å². The Bertz CT molecular complexity index is 453. The van der Waals surface area contributed by atoms with Crippen LogP contribution in [0.1, 0.15) is 20.7 Å². The molecule has 90 valence electrons. The first-order valence-electron chi connectivity index (χ1n) is 4.41. The predicted molar refractivity (Wildman–Crippen MR) is 59.7 cm³/mol. The van der Waals surface area contributed by atoms with Crippen LogP contribution in [0.3, 0.4) is 0 Å². The monoisotopic (exact) mass is 257 g/mol. The summed E-state index contributed by atoms with van der Waals surface area (Å²) in [6.45, 7) is 0. The number of aromatic carboxylic acids is 2. The van der Waals surface area contributed by atoms with Gasteiger partial charge in [-0.2, -0.15) is 0 Å². The van der Waals surface area contributed by atoms with Crippen LogP contribution in [-0.4, -0.2) is 33.9 Å². The number of hydrogen-bond acceptors (Lipinski definition) is 3. The molecule has 1 aromatic carbocycles. The lowest BCUT2D eigenvalue weighted by molar-refractivity contribution is -0.113. The molecule has 0 atom stereocenters. The highest BCUT2D eigenvalue weighted by Gasteiger charge is 2.12. The molecule has 0 aliphatic heterocycles. The second kappa shape index (κ2) is 5.31. The van der Waals surface area contributed by atoms with Crippen LogP contribution in [0, 0.1) is 0 Å². The van der Waals surface area contributed by atoms with Crippen molar-refractivity contribution in [3.05, 3.63) is 29.3 Å². The average molecular weight is 258 g/mol. The molecule has 0 aromatic heterocycles. The number of alkyl halides is 1. The summed E-state index contributed by atoms with van der Waals surface area (Å²) in [5.41, 5.74) is -0.377. The molecule has 0 radical (unpaired) electrons. The van der Waals surface area contributed by atoms with Gasteiger partial charge >= 0.3 is 11.9 Å². The smallest absolute Gasteiger partial charge is 0.335 e. The quantitative estimate of drug-likeness (QED) is 0.705. The number of hydrogen-bond donors (Lipinski definition) is 3. The lowest BCUT2D eigenvalue weighted by Crippen LogP contribution is -2.14. The molecule has 0 spiro atoms. The summed E-state index contributed by atoms with van der Waals surface area (Å²) in [6, 6.07) is 3.31. The second-order valence-corrected chi connectivity index (χ2v) is 3.36. The number of anilines is 1. The van der Waals surface area contributed by atoms with Crippen molar-refractivity contribution >= 4 is 35.1 Å². The third kappa shape index (κ3) is 3.46. The summed E-state index contributed by atoms with van der Waals surface area (Å²) in [6.07, 6.45) is 0. The molecule has 17 heavy (non-hydrogen) atoms. The first-order chi connectivity index (χ1) is 7.93. The Balaban J connectivity index is 3.16. The molecular formula is C10H8ClNO5. The highest BCUT2D eigenvalue weighted by molar-refractivity contribution is 6.29. The Kier molecular flexibility index (Phi) is 4.06. The van der Waals surface area contributed by atoms with Crippen LogP contribution in [0.25, 0.3) is 0 Å². The maximum absolute atomic E-state index is 11.0. The van der Waals surface area contributed by atoms with Gasteiger partial charge in [0, 0.05) is 5.69 Å². The third-order valence-electron chi connectivity index (χ3n) is 1.83. The Hall–Kier alpha value is -2.08. The van der Waals surface area contributed by atoms with Crippen molar-refractivity contribution < 1.29 is 24.6 Å². The molecule has 3 N–H and O–H groups in total. The standard InChI is InChI=1S/C10H8ClNO5/c11-4-8(13)12-7-2-5(9(14)15)1-6(3-7)10(16)17/h1-3H,4H2,(H,12,13)(H,14,15)(H,16,17). The fourth-order valence-corrected chi connectivity index (χ4v) is 1.21. The van der Waals surface area contributed by atoms with E-state index in [1.54, 1.807) is 0 Å². The first kappa shape index (κ1) is 13.0. The van der Waals surface area contributed by atoms with Crippen molar-refractivity contribution in [1.82, 2.24) is 0 Å². The molecule has 1 rings (SSSR count). The zero-order valence-corrected chi connectivity index (χ0v) is 9.19. The molecule has 1 amide bonds. The van der Waals surface area contributed by atoms with Crippen LogP contribution < -0.4 is 5.32 Å². The van der Waals surface area contributed by atoms with E-state index in [4.69, 9.17) is 21.8 Å². The first-order valence-corrected chi connectivity index (χ1v) is 4.95. The number of carboxylic acids is 2. The number of nitrogens with one attached hydrogen (secondary N) is 1. The van der Waals surface area contributed by atoms with Gasteiger partial charge in [0.2, 0.25) is 5.91 Å². The average Bonchev–Trinajstić information content (AvgIpc) is 2.28. The SMILES string of the molecule is O=C(CCl)Nc1cc(C(=O)O)cc(C(=O)O)c1. The van der Waals surface area contributed by atoms with E-state index in [9.17, 15) is 14.4 Å². The van der Waals surface area contributed by atoms with Gasteiger partial charge in [-0.25, -0.2) is 9.59 Å². The van der Waals surface area contributed by atoms with Gasteiger partial charge in [-0.3, -0.25) is 4.79 Å². The van der Waals surface area contributed by atoms with Crippen molar-refractivity contribution in [2.45, 2.75) is 0 Å². The second-order valence-electron chi connectivity index (χ2n) is 3.09. The maximum atomic E-state index is 11.0. The lowest BCUT2D eigenvalue weighted by atomic mass is 10.1. The Morgan fingerprint density at radius 1 is 1.06 bits per heavy atom. The van der Waals surface area contributed by atoms with E-state index in [0.717, 1.165) is 18.2 Å². The predicted octanol–water partition coefficient (Wildman–Crippen LogP) is 1.26. The van der Waals surface area contributed by atoms with Crippen LogP contribution >= 0.6 is 11.6 Å². The number of benzene rings is 1. The van der Waals surface area contributed by atoms with Crippen molar-refractivity contribution in [3.63, 3.8) is 0 Å². The van der Waals surface area contributed by atoms with E-state index < -0.39 is 17.8 Å². The minimum absolute atomic E-state index is 0.0768. The van der Waals surface area contributed by atoms with Crippen LogP contribution in [0.5, 0.6) is 0 Å². The zero-order chi connectivity index (χ0) is 13.0. The molecule has 0 aliphatic rings. The number of amides is 1. The highest BCUT2D eigenvalue weighted by atomic mass is 35.5. The van der Waals surface area contributed by atoms with E-state index in [2.05, 4.69) is 5.32 Å². The molecule has 1 aromatic rings. The van der Waals surface area contributed by atoms with Crippen LogP contribution in [0.15, 0.2) is 18.2 Å². The number of carbonyl (C=O) groups is 3. The van der Waals surface area contributed by atoms with Crippen LogP contribution in [0.4, 0.5) is 5.69 Å². The molecule has 0 saturated carbocycles. The fraction of sp³-hybridized carbons (Fsp3) is 0.100. The van der Waals surface area contributed by atoms with Gasteiger partial charge in [0.1, 0.15) is 5.88 Å². The molecule has 6 nitrogen and oxygen atoms in total. The van der Waals surface area contributed by atoms with Gasteiger partial charge in [0.05, 0.1) is 11.1 Å². The van der Waals surface area contributed by atoms with E-state index in [1.165, 1.54) is 0 Å². The van der Waals surface area contributed by atoms with E-state index >= 15 is 0 Å². The summed E-state index contributed by atoms with van der Waals surface area (Å²) in [5, 5.41) is 19.8. The maximum Gasteiger partial charge on any atom is 0.335 e. The molecule has 0 bridgehead atoms. The topological polar surface area (TPSA) is 104 Å². The van der Waals surface area contributed by atoms with Crippen LogP contribution in [0.2, 0.25) is 0 Å². The van der Waals surface area contributed by atoms with Gasteiger partial charge in [-0.05, 0) is 18.2 Å². The van der Waals surface area contributed by atoms with Gasteiger partial charge < -0.3 is 15.5 Å². The normalized spacial score (nSPS) is 9.71. The number of carbonyl (C=O) groups excluding carboxylic acids is 1. The third-order valence-corrected chi connectivity index (χ3v) is 2.07. The highest BCUT2D eigenvalue weighted by Crippen LogP contribution is 2.15. The molecular weight excluding hydrogens is 250 g/mol. The molecule has 0 fully saturated rings. The van der Waals surface area contributed by atoms with E-state index in [-0.39, 0.29) is 22.7 Å². The number of halogens is 1. The summed E-state index contributed by atoms with van der Waals surface area (Å²) < 4.78 is 0. The Morgan fingerprint density at radius 2 is 1.53 bits per heavy atom. The van der Waals surface area contributed by atoms with Crippen molar-refractivity contribution in [1.29, 1.82) is 0 Å². The van der Waals surface area contributed by atoms with Crippen molar-refractivity contribution in [3.8, 4) is 0 Å². The lowest BCUT2D eigenvalue weighted by Gasteiger charge is -2.06. The zero-order valence-electron chi connectivity index (χ0n) is 8.44. The molecule has 7 heteroatoms. The van der Waals surface area contributed by atoms with Gasteiger partial charge in [-0.15, -0.1) is 11.6 Å². The molecule has 0 aliphatic carbocycles. The summed E-state index contributed by atoms with van der Waals surface area (Å²) in [5.74, 6) is -3.42. The van der Waals surface area contributed by atoms with Gasteiger partial charge in [0.15, 0.2) is 0 Å². The minimum Gasteiger partial charge on any atom is -0.478 e. The number of carboxylic acid groups (broad SMARTS) is 2. The van der Waals surface area contributed by atoms with E-state index in [0.29, 0.717) is 0 Å². The Labute approximate surface area is 101 Å². The fourth-order valence-electron chi connectivity index (χ4n) is 1.14. The van der Waals surface area contributed by atoms with Crippen molar-refractivity contribution in [2.24, 2.45) is 0 Å². The summed E-state index contributed by atoms with van der Waals surface area (Å²) in [7, 11) is 0. The summed E-state index contributed by atoms with van der Waals surface area (Å²) in [4.78, 5) is 32.5. The van der Waals surface area contributed by atoms with E-state index in [1.807, 2.05) is 0 Å². The molecule has 0 unspecified atom stereocenters. The van der Waals surface area contributed by atoms with Crippen molar-refractivity contribution in [2.75, 3.05) is 11.2 Å². The largest absolute Gasteiger partial charge is 0.478 e. The van der Waals surface area contributed by atoms with Crippen LogP contribution in [-0.2, 0) is 4.79 Å². The summed E-state index contributed by atoms with van der Waals surface area (Å²) >= 11 is 5.26. The molecule has 0 saturated heterocycles. The Morgan fingerprint density at radius 3 is 1.88 bits per heavy atom. The molecule has 0 heterocycles.